The second kappa shape index (κ2) is 4.41. The molecule has 0 saturated heterocycles. The van der Waals surface area contributed by atoms with E-state index in [2.05, 4.69) is 9.97 Å². The van der Waals surface area contributed by atoms with E-state index in [1.54, 1.807) is 18.2 Å². The third-order valence-electron chi connectivity index (χ3n) is 3.11. The fourth-order valence-electron chi connectivity index (χ4n) is 2.14. The molecule has 106 valence electrons. The van der Waals surface area contributed by atoms with Gasteiger partial charge < -0.3 is 26.0 Å². The fraction of sp³-hybridized carbons (Fsp3) is 0. The number of aromatic hydroxyl groups is 3. The second-order valence-corrected chi connectivity index (χ2v) is 4.59. The number of hydrogen-bond acceptors (Lipinski definition) is 5. The highest BCUT2D eigenvalue weighted by molar-refractivity contribution is 5.98. The molecule has 0 aliphatic carbocycles. The predicted molar refractivity (Wildman–Crippen MR) is 77.5 cm³/mol. The molecule has 0 amide bonds. The minimum Gasteiger partial charge on any atom is -0.508 e. The summed E-state index contributed by atoms with van der Waals surface area (Å²) in [7, 11) is 0. The number of phenols is 3. The average molecular weight is 284 g/mol. The maximum absolute atomic E-state index is 9.86. The fourth-order valence-corrected chi connectivity index (χ4v) is 2.14. The summed E-state index contributed by atoms with van der Waals surface area (Å²) in [6.45, 7) is 0. The molecule has 7 N–H and O–H groups in total. The molecule has 3 rings (SSSR count). The van der Waals surface area contributed by atoms with Crippen molar-refractivity contribution in [3.8, 4) is 28.6 Å². The quantitative estimate of drug-likeness (QED) is 0.313. The van der Waals surface area contributed by atoms with Gasteiger partial charge in [-0.05, 0) is 18.2 Å². The van der Waals surface area contributed by atoms with Crippen molar-refractivity contribution in [2.75, 3.05) is 0 Å². The van der Waals surface area contributed by atoms with Crippen LogP contribution in [0.25, 0.3) is 22.4 Å². The van der Waals surface area contributed by atoms with Crippen molar-refractivity contribution in [1.82, 2.24) is 9.97 Å². The Morgan fingerprint density at radius 3 is 2.38 bits per heavy atom. The van der Waals surface area contributed by atoms with Gasteiger partial charge in [0.1, 0.15) is 34.5 Å². The Balaban J connectivity index is 2.20. The van der Waals surface area contributed by atoms with Crippen LogP contribution >= 0.6 is 0 Å². The molecule has 3 aromatic rings. The average Bonchev–Trinajstić information content (AvgIpc) is 2.79. The Labute approximate surface area is 118 Å². The predicted octanol–water partition coefficient (Wildman–Crippen LogP) is 1.63. The van der Waals surface area contributed by atoms with Crippen LogP contribution in [0.5, 0.6) is 17.2 Å². The van der Waals surface area contributed by atoms with Crippen LogP contribution in [0.3, 0.4) is 0 Å². The lowest BCUT2D eigenvalue weighted by molar-refractivity contribution is 0.430. The number of rotatable bonds is 2. The smallest absolute Gasteiger partial charge is 0.146 e. The van der Waals surface area contributed by atoms with Gasteiger partial charge in [-0.3, -0.25) is 5.41 Å². The number of H-pyrrole nitrogens is 1. The van der Waals surface area contributed by atoms with Crippen molar-refractivity contribution in [2.45, 2.75) is 0 Å². The number of amidine groups is 1. The van der Waals surface area contributed by atoms with Gasteiger partial charge in [-0.15, -0.1) is 0 Å². The number of hydrogen-bond donors (Lipinski definition) is 6. The van der Waals surface area contributed by atoms with Crippen LogP contribution in [0.2, 0.25) is 0 Å². The SMILES string of the molecule is N=C(N)c1ccc2nc(-c3c(O)cc(O)cc3O)[nH]c2c1. The molecule has 0 saturated carbocycles. The van der Waals surface area contributed by atoms with Crippen molar-refractivity contribution in [3.63, 3.8) is 0 Å². The highest BCUT2D eigenvalue weighted by Crippen LogP contribution is 2.39. The number of aromatic amines is 1. The Bertz CT molecular complexity index is 847. The van der Waals surface area contributed by atoms with Gasteiger partial charge in [-0.1, -0.05) is 0 Å². The van der Waals surface area contributed by atoms with E-state index >= 15 is 0 Å². The molecular weight excluding hydrogens is 272 g/mol. The van der Waals surface area contributed by atoms with Gasteiger partial charge in [0.25, 0.3) is 0 Å². The van der Waals surface area contributed by atoms with Crippen LogP contribution in [0.4, 0.5) is 0 Å². The van der Waals surface area contributed by atoms with E-state index in [1.807, 2.05) is 0 Å². The minimum atomic E-state index is -0.293. The van der Waals surface area contributed by atoms with Gasteiger partial charge >= 0.3 is 0 Å². The number of nitrogens with zero attached hydrogens (tertiary/aromatic N) is 1. The van der Waals surface area contributed by atoms with E-state index in [9.17, 15) is 15.3 Å². The minimum absolute atomic E-state index is 0.0663. The zero-order chi connectivity index (χ0) is 15.1. The maximum Gasteiger partial charge on any atom is 0.146 e. The number of phenolic OH excluding ortho intramolecular Hbond substituents is 3. The molecule has 0 radical (unpaired) electrons. The largest absolute Gasteiger partial charge is 0.508 e. The summed E-state index contributed by atoms with van der Waals surface area (Å²) in [6, 6.07) is 7.22. The lowest BCUT2D eigenvalue weighted by Crippen LogP contribution is -2.10. The monoisotopic (exact) mass is 284 g/mol. The summed E-state index contributed by atoms with van der Waals surface area (Å²) < 4.78 is 0. The lowest BCUT2D eigenvalue weighted by atomic mass is 10.1. The molecule has 0 atom stereocenters. The summed E-state index contributed by atoms with van der Waals surface area (Å²) in [4.78, 5) is 7.21. The highest BCUT2D eigenvalue weighted by Gasteiger charge is 2.16. The summed E-state index contributed by atoms with van der Waals surface area (Å²) in [5.74, 6) is -0.649. The van der Waals surface area contributed by atoms with Crippen LogP contribution in [0.1, 0.15) is 5.56 Å². The van der Waals surface area contributed by atoms with E-state index < -0.39 is 0 Å². The molecule has 7 heteroatoms. The summed E-state index contributed by atoms with van der Waals surface area (Å²) in [5.41, 5.74) is 7.27. The molecule has 0 unspecified atom stereocenters. The third-order valence-corrected chi connectivity index (χ3v) is 3.11. The first-order chi connectivity index (χ1) is 9.95. The van der Waals surface area contributed by atoms with Gasteiger partial charge in [-0.2, -0.15) is 0 Å². The number of nitrogen functional groups attached to an aromatic ring is 1. The molecule has 0 spiro atoms. The van der Waals surface area contributed by atoms with E-state index in [-0.39, 0.29) is 34.5 Å². The Kier molecular flexibility index (Phi) is 2.69. The van der Waals surface area contributed by atoms with E-state index in [1.165, 1.54) is 0 Å². The molecule has 21 heavy (non-hydrogen) atoms. The number of benzene rings is 2. The number of nitrogens with one attached hydrogen (secondary N) is 2. The topological polar surface area (TPSA) is 139 Å². The van der Waals surface area contributed by atoms with Crippen molar-refractivity contribution < 1.29 is 15.3 Å². The van der Waals surface area contributed by atoms with Crippen molar-refractivity contribution in [2.24, 2.45) is 5.73 Å². The Hall–Kier alpha value is -3.22. The summed E-state index contributed by atoms with van der Waals surface area (Å²) >= 11 is 0. The van der Waals surface area contributed by atoms with E-state index in [0.29, 0.717) is 16.6 Å². The van der Waals surface area contributed by atoms with Gasteiger partial charge in [0.05, 0.1) is 11.0 Å². The molecule has 0 aliphatic heterocycles. The highest BCUT2D eigenvalue weighted by atomic mass is 16.3. The molecule has 1 heterocycles. The first-order valence-corrected chi connectivity index (χ1v) is 6.05. The van der Waals surface area contributed by atoms with Crippen LogP contribution in [-0.4, -0.2) is 31.1 Å². The van der Waals surface area contributed by atoms with Crippen LogP contribution in [-0.2, 0) is 0 Å². The zero-order valence-corrected chi connectivity index (χ0v) is 10.8. The standard InChI is InChI=1S/C14H12N4O3/c15-13(16)6-1-2-8-9(3-6)18-14(17-8)12-10(20)4-7(19)5-11(12)21/h1-5,19-21H,(H3,15,16)(H,17,18). The molecule has 0 bridgehead atoms. The lowest BCUT2D eigenvalue weighted by Gasteiger charge is -2.04. The first-order valence-electron chi connectivity index (χ1n) is 6.05. The number of imidazole rings is 1. The van der Waals surface area contributed by atoms with Crippen molar-refractivity contribution in [3.05, 3.63) is 35.9 Å². The summed E-state index contributed by atoms with van der Waals surface area (Å²) in [5, 5.41) is 36.4. The van der Waals surface area contributed by atoms with Crippen LogP contribution in [0.15, 0.2) is 30.3 Å². The van der Waals surface area contributed by atoms with Crippen molar-refractivity contribution >= 4 is 16.9 Å². The van der Waals surface area contributed by atoms with E-state index in [0.717, 1.165) is 12.1 Å². The van der Waals surface area contributed by atoms with Gasteiger partial charge in [0.15, 0.2) is 0 Å². The van der Waals surface area contributed by atoms with Gasteiger partial charge in [0.2, 0.25) is 0 Å². The molecule has 2 aromatic carbocycles. The number of nitrogens with two attached hydrogens (primary N) is 1. The Morgan fingerprint density at radius 2 is 1.76 bits per heavy atom. The van der Waals surface area contributed by atoms with Gasteiger partial charge in [-0.25, -0.2) is 4.98 Å². The van der Waals surface area contributed by atoms with Crippen molar-refractivity contribution in [1.29, 1.82) is 5.41 Å². The van der Waals surface area contributed by atoms with Gasteiger partial charge in [0, 0.05) is 17.7 Å². The third kappa shape index (κ3) is 2.10. The normalized spacial score (nSPS) is 10.9. The molecule has 1 aromatic heterocycles. The second-order valence-electron chi connectivity index (χ2n) is 4.59. The molecular formula is C14H12N4O3. The molecule has 7 nitrogen and oxygen atoms in total. The Morgan fingerprint density at radius 1 is 1.10 bits per heavy atom. The maximum atomic E-state index is 9.86. The number of aromatic nitrogens is 2. The molecule has 0 fully saturated rings. The number of fused-ring (bicyclic) bond motifs is 1. The van der Waals surface area contributed by atoms with E-state index in [4.69, 9.17) is 11.1 Å². The zero-order valence-electron chi connectivity index (χ0n) is 10.8. The molecule has 0 aliphatic rings. The summed E-state index contributed by atoms with van der Waals surface area (Å²) in [6.07, 6.45) is 0. The first kappa shape index (κ1) is 12.8. The van der Waals surface area contributed by atoms with Crippen LogP contribution < -0.4 is 5.73 Å². The van der Waals surface area contributed by atoms with Crippen LogP contribution in [0, 0.1) is 5.41 Å².